The second kappa shape index (κ2) is 14.5. The van der Waals surface area contributed by atoms with E-state index in [0.29, 0.717) is 6.42 Å². The highest BCUT2D eigenvalue weighted by Crippen LogP contribution is 2.74. The van der Waals surface area contributed by atoms with Crippen LogP contribution in [0.2, 0.25) is 0 Å². The third kappa shape index (κ3) is 6.39. The molecule has 5 heteroatoms. The SMILES string of the molecule is O=C(CC1C[P+](c2ccccc2)(c2ccccc2)CC[P+]1(c1ccccc1)c1ccccc1)c1ccccc1.[I-].[I-]. The summed E-state index contributed by atoms with van der Waals surface area (Å²) in [5.41, 5.74) is 1.09. The van der Waals surface area contributed by atoms with Gasteiger partial charge in [0.1, 0.15) is 24.1 Å². The van der Waals surface area contributed by atoms with Crippen molar-refractivity contribution in [3.63, 3.8) is 0 Å². The average molecular weight is 798 g/mol. The normalized spacial score (nSPS) is 16.9. The summed E-state index contributed by atoms with van der Waals surface area (Å²) in [7, 11) is -3.64. The number of halogens is 2. The Labute approximate surface area is 279 Å². The summed E-state index contributed by atoms with van der Waals surface area (Å²) in [5, 5.41) is 5.79. The molecule has 0 spiro atoms. The van der Waals surface area contributed by atoms with E-state index in [1.54, 1.807) is 0 Å². The Balaban J connectivity index is 0.00000194. The van der Waals surface area contributed by atoms with E-state index in [9.17, 15) is 4.79 Å². The third-order valence-corrected chi connectivity index (χ3v) is 18.7. The van der Waals surface area contributed by atoms with E-state index >= 15 is 0 Å². The van der Waals surface area contributed by atoms with Crippen LogP contribution in [0.3, 0.4) is 0 Å². The molecule has 41 heavy (non-hydrogen) atoms. The first kappa shape index (κ1) is 32.0. The fourth-order valence-electron chi connectivity index (χ4n) is 6.54. The Hall–Kier alpha value is -1.91. The summed E-state index contributed by atoms with van der Waals surface area (Å²) in [6, 6.07) is 54.6. The van der Waals surface area contributed by atoms with Gasteiger partial charge in [0.2, 0.25) is 0 Å². The molecule has 1 aliphatic rings. The van der Waals surface area contributed by atoms with Crippen LogP contribution in [0, 0.1) is 0 Å². The summed E-state index contributed by atoms with van der Waals surface area (Å²) in [6.45, 7) is 0. The lowest BCUT2D eigenvalue weighted by atomic mass is 10.1. The second-order valence-electron chi connectivity index (χ2n) is 10.5. The lowest BCUT2D eigenvalue weighted by molar-refractivity contribution is -0.001000. The Morgan fingerprint density at radius 2 is 0.878 bits per heavy atom. The largest absolute Gasteiger partial charge is 1.00 e. The zero-order valence-electron chi connectivity index (χ0n) is 22.9. The summed E-state index contributed by atoms with van der Waals surface area (Å²) < 4.78 is 0. The van der Waals surface area contributed by atoms with E-state index in [0.717, 1.165) is 24.0 Å². The molecule has 0 amide bonds. The molecule has 1 nitrogen and oxygen atoms in total. The lowest BCUT2D eigenvalue weighted by Gasteiger charge is -2.43. The molecule has 0 aliphatic carbocycles. The van der Waals surface area contributed by atoms with Crippen molar-refractivity contribution in [2.45, 2.75) is 12.1 Å². The molecule has 0 aromatic heterocycles. The van der Waals surface area contributed by atoms with Gasteiger partial charge in [-0.2, -0.15) is 0 Å². The molecule has 208 valence electrons. The Bertz CT molecular complexity index is 1440. The van der Waals surface area contributed by atoms with Crippen LogP contribution in [0.5, 0.6) is 0 Å². The highest BCUT2D eigenvalue weighted by molar-refractivity contribution is 7.96. The third-order valence-electron chi connectivity index (χ3n) is 8.43. The first-order valence-electron chi connectivity index (χ1n) is 13.8. The first-order chi connectivity index (χ1) is 19.2. The molecule has 1 aliphatic heterocycles. The molecule has 1 fully saturated rings. The van der Waals surface area contributed by atoms with Gasteiger partial charge in [0.15, 0.2) is 5.78 Å². The number of carbonyl (C=O) groups is 1. The monoisotopic (exact) mass is 798 g/mol. The minimum atomic E-state index is -1.89. The summed E-state index contributed by atoms with van der Waals surface area (Å²) in [6.07, 6.45) is 3.90. The lowest BCUT2D eigenvalue weighted by Crippen LogP contribution is -3.00. The molecule has 1 atom stereocenters. The molecule has 5 aromatic rings. The van der Waals surface area contributed by atoms with Crippen LogP contribution in [0.4, 0.5) is 0 Å². The number of Topliss-reactive ketones (excluding diaryl/α,β-unsaturated/α-hetero) is 1. The molecule has 0 N–H and O–H groups in total. The van der Waals surface area contributed by atoms with Crippen molar-refractivity contribution < 1.29 is 52.7 Å². The van der Waals surface area contributed by atoms with E-state index in [1.165, 1.54) is 21.2 Å². The van der Waals surface area contributed by atoms with Crippen LogP contribution in [-0.4, -0.2) is 29.9 Å². The van der Waals surface area contributed by atoms with Crippen LogP contribution < -0.4 is 69.2 Å². The number of rotatable bonds is 7. The van der Waals surface area contributed by atoms with Gasteiger partial charge >= 0.3 is 0 Å². The van der Waals surface area contributed by atoms with E-state index in [4.69, 9.17) is 0 Å². The number of carbonyl (C=O) groups excluding carboxylic acids is 1. The molecule has 0 radical (unpaired) electrons. The molecule has 1 unspecified atom stereocenters. The maximum absolute atomic E-state index is 14.0. The standard InChI is InChI=1S/C36H34OP2.2HI/c37-36(30-16-6-1-7-17-30)28-35-29-38(31-18-8-2-9-19-31,32-20-10-3-11-21-32)26-27-39(35,33-22-12-4-13-23-33)34-24-14-5-15-25-34;;/h1-25,35H,26-29H2;2*1H/q+2;;/p-2. The van der Waals surface area contributed by atoms with Crippen molar-refractivity contribution in [3.8, 4) is 0 Å². The number of hydrogen-bond donors (Lipinski definition) is 0. The quantitative estimate of drug-likeness (QED) is 0.137. The van der Waals surface area contributed by atoms with E-state index < -0.39 is 14.5 Å². The Morgan fingerprint density at radius 3 is 1.29 bits per heavy atom. The fourth-order valence-corrected chi connectivity index (χ4v) is 18.8. The average Bonchev–Trinajstić information content (AvgIpc) is 3.03. The van der Waals surface area contributed by atoms with Crippen LogP contribution in [0.15, 0.2) is 152 Å². The van der Waals surface area contributed by atoms with Gasteiger partial charge in [-0.05, 0) is 48.5 Å². The van der Waals surface area contributed by atoms with Crippen molar-refractivity contribution in [3.05, 3.63) is 157 Å². The van der Waals surface area contributed by atoms with Gasteiger partial charge in [0.25, 0.3) is 0 Å². The molecule has 0 bridgehead atoms. The second-order valence-corrected chi connectivity index (χ2v) is 18.2. The molecule has 1 heterocycles. The predicted molar refractivity (Wildman–Crippen MR) is 172 cm³/mol. The maximum Gasteiger partial charge on any atom is 0.166 e. The Morgan fingerprint density at radius 1 is 0.512 bits per heavy atom. The minimum absolute atomic E-state index is 0. The topological polar surface area (TPSA) is 17.1 Å². The zero-order chi connectivity index (χ0) is 26.5. The maximum atomic E-state index is 14.0. The van der Waals surface area contributed by atoms with Crippen LogP contribution in [-0.2, 0) is 0 Å². The van der Waals surface area contributed by atoms with Gasteiger partial charge in [0.05, 0.1) is 42.2 Å². The highest BCUT2D eigenvalue weighted by atomic mass is 127. The van der Waals surface area contributed by atoms with Gasteiger partial charge in [-0.15, -0.1) is 0 Å². The minimum Gasteiger partial charge on any atom is -1.00 e. The number of hydrogen-bond acceptors (Lipinski definition) is 1. The van der Waals surface area contributed by atoms with Crippen molar-refractivity contribution in [2.24, 2.45) is 0 Å². The van der Waals surface area contributed by atoms with Crippen LogP contribution in [0.25, 0.3) is 0 Å². The molecule has 1 saturated heterocycles. The van der Waals surface area contributed by atoms with Gasteiger partial charge in [-0.25, -0.2) is 0 Å². The Kier molecular flexibility index (Phi) is 11.3. The molecule has 5 aromatic carbocycles. The predicted octanol–water partition coefficient (Wildman–Crippen LogP) is 0.987. The van der Waals surface area contributed by atoms with Gasteiger partial charge in [0, 0.05) is 5.56 Å². The number of ketones is 1. The van der Waals surface area contributed by atoms with Gasteiger partial charge in [-0.1, -0.05) is 103 Å². The van der Waals surface area contributed by atoms with Crippen molar-refractivity contribution in [1.82, 2.24) is 0 Å². The van der Waals surface area contributed by atoms with Crippen LogP contribution in [0.1, 0.15) is 16.8 Å². The fraction of sp³-hybridized carbons (Fsp3) is 0.139. The highest BCUT2D eigenvalue weighted by Gasteiger charge is 2.62. The van der Waals surface area contributed by atoms with E-state index in [-0.39, 0.29) is 59.4 Å². The molecular weight excluding hydrogens is 764 g/mol. The number of benzene rings is 5. The van der Waals surface area contributed by atoms with E-state index in [1.807, 2.05) is 30.3 Å². The molecular formula is C36H34I2OP2. The molecule has 0 saturated carbocycles. The van der Waals surface area contributed by atoms with Crippen molar-refractivity contribution in [2.75, 3.05) is 18.5 Å². The van der Waals surface area contributed by atoms with E-state index in [2.05, 4.69) is 121 Å². The summed E-state index contributed by atoms with van der Waals surface area (Å²) >= 11 is 0. The molecule has 6 rings (SSSR count). The van der Waals surface area contributed by atoms with Gasteiger partial charge < -0.3 is 48.0 Å². The van der Waals surface area contributed by atoms with Crippen LogP contribution >= 0.6 is 14.5 Å². The van der Waals surface area contributed by atoms with Crippen molar-refractivity contribution in [1.29, 1.82) is 0 Å². The zero-order valence-corrected chi connectivity index (χ0v) is 29.0. The summed E-state index contributed by atoms with van der Waals surface area (Å²) in [4.78, 5) is 14.0. The summed E-state index contributed by atoms with van der Waals surface area (Å²) in [5.74, 6) is 0.262. The smallest absolute Gasteiger partial charge is 0.166 e. The first-order valence-corrected chi connectivity index (χ1v) is 18.0. The van der Waals surface area contributed by atoms with Gasteiger partial charge in [-0.3, -0.25) is 4.79 Å². The van der Waals surface area contributed by atoms with Crippen molar-refractivity contribution >= 4 is 41.5 Å².